The van der Waals surface area contributed by atoms with E-state index in [2.05, 4.69) is 0 Å². The van der Waals surface area contributed by atoms with Crippen LogP contribution in [0, 0.1) is 0 Å². The minimum atomic E-state index is -4.35. The largest absolute Gasteiger partial charge is 0.480 e. The first-order valence-electron chi connectivity index (χ1n) is 5.48. The lowest BCUT2D eigenvalue weighted by atomic mass is 10.3. The fourth-order valence-electron chi connectivity index (χ4n) is 1.79. The van der Waals surface area contributed by atoms with Gasteiger partial charge in [0.25, 0.3) is 15.6 Å². The Kier molecular flexibility index (Phi) is 3.74. The molecule has 0 spiro atoms. The van der Waals surface area contributed by atoms with Crippen LogP contribution in [0.4, 0.5) is 0 Å². The van der Waals surface area contributed by atoms with Crippen molar-refractivity contribution in [2.24, 2.45) is 0 Å². The summed E-state index contributed by atoms with van der Waals surface area (Å²) < 4.78 is 30.2. The summed E-state index contributed by atoms with van der Waals surface area (Å²) in [5.74, 6) is -1.38. The third kappa shape index (κ3) is 2.50. The molecule has 1 saturated heterocycles. The molecule has 0 saturated carbocycles. The molecule has 1 atom stereocenters. The number of morpholine rings is 1. The normalized spacial score (nSPS) is 20.7. The number of aromatic nitrogens is 2. The number of hydrogen-bond donors (Lipinski definition) is 3. The maximum Gasteiger partial charge on any atom is 0.325 e. The monoisotopic (exact) mass is 305 g/mol. The van der Waals surface area contributed by atoms with E-state index in [1.54, 1.807) is 4.98 Å². The number of aliphatic carboxylic acids is 1. The summed E-state index contributed by atoms with van der Waals surface area (Å²) in [6.07, 6.45) is 0.741. The van der Waals surface area contributed by atoms with Crippen molar-refractivity contribution in [3.8, 4) is 0 Å². The Balaban J connectivity index is 2.50. The molecule has 3 N–H and O–H groups in total. The summed E-state index contributed by atoms with van der Waals surface area (Å²) in [4.78, 5) is 36.6. The molecule has 1 aliphatic rings. The van der Waals surface area contributed by atoms with Crippen LogP contribution < -0.4 is 11.2 Å². The molecule has 2 rings (SSSR count). The lowest BCUT2D eigenvalue weighted by Gasteiger charge is -2.31. The topological polar surface area (TPSA) is 150 Å². The van der Waals surface area contributed by atoms with Gasteiger partial charge in [-0.25, -0.2) is 13.2 Å². The molecule has 10 nitrogen and oxygen atoms in total. The first kappa shape index (κ1) is 14.4. The third-order valence-corrected chi connectivity index (χ3v) is 4.65. The first-order chi connectivity index (χ1) is 9.34. The molecule has 2 heterocycles. The van der Waals surface area contributed by atoms with Crippen molar-refractivity contribution in [1.82, 2.24) is 14.3 Å². The van der Waals surface area contributed by atoms with E-state index < -0.39 is 38.2 Å². The van der Waals surface area contributed by atoms with Gasteiger partial charge in [0.1, 0.15) is 6.04 Å². The van der Waals surface area contributed by atoms with Crippen molar-refractivity contribution in [3.05, 3.63) is 27.0 Å². The van der Waals surface area contributed by atoms with Crippen LogP contribution >= 0.6 is 0 Å². The van der Waals surface area contributed by atoms with Gasteiger partial charge in [0.15, 0.2) is 4.90 Å². The zero-order chi connectivity index (χ0) is 14.9. The van der Waals surface area contributed by atoms with Crippen LogP contribution in [0.25, 0.3) is 0 Å². The predicted octanol–water partition coefficient (Wildman–Crippen LogP) is -2.46. The number of aromatic amines is 2. The van der Waals surface area contributed by atoms with E-state index in [1.165, 1.54) is 0 Å². The maximum atomic E-state index is 12.3. The average molecular weight is 305 g/mol. The number of nitrogens with zero attached hydrogens (tertiary/aromatic N) is 1. The van der Waals surface area contributed by atoms with Crippen molar-refractivity contribution in [2.45, 2.75) is 10.9 Å². The molecule has 1 aromatic rings. The summed E-state index contributed by atoms with van der Waals surface area (Å²) in [7, 11) is -4.35. The first-order valence-corrected chi connectivity index (χ1v) is 6.92. The van der Waals surface area contributed by atoms with E-state index in [0.29, 0.717) is 4.31 Å². The van der Waals surface area contributed by atoms with Crippen molar-refractivity contribution in [2.75, 3.05) is 19.8 Å². The van der Waals surface area contributed by atoms with E-state index >= 15 is 0 Å². The van der Waals surface area contributed by atoms with Gasteiger partial charge in [-0.1, -0.05) is 0 Å². The van der Waals surface area contributed by atoms with Gasteiger partial charge < -0.3 is 14.8 Å². The summed E-state index contributed by atoms with van der Waals surface area (Å²) in [5, 5.41) is 9.00. The molecule has 0 amide bonds. The van der Waals surface area contributed by atoms with E-state index in [1.807, 2.05) is 4.98 Å². The van der Waals surface area contributed by atoms with Gasteiger partial charge in [0.2, 0.25) is 0 Å². The number of rotatable bonds is 3. The Labute approximate surface area is 112 Å². The second kappa shape index (κ2) is 5.19. The van der Waals surface area contributed by atoms with Crippen LogP contribution in [0.2, 0.25) is 0 Å². The van der Waals surface area contributed by atoms with Gasteiger partial charge in [0.05, 0.1) is 13.2 Å². The summed E-state index contributed by atoms with van der Waals surface area (Å²) in [5.41, 5.74) is -1.96. The minimum Gasteiger partial charge on any atom is -0.480 e. The average Bonchev–Trinajstić information content (AvgIpc) is 2.38. The lowest BCUT2D eigenvalue weighted by Crippen LogP contribution is -2.53. The number of ether oxygens (including phenoxy) is 1. The van der Waals surface area contributed by atoms with E-state index in [9.17, 15) is 22.8 Å². The Morgan fingerprint density at radius 2 is 2.15 bits per heavy atom. The summed E-state index contributed by atoms with van der Waals surface area (Å²) in [6, 6.07) is -1.42. The second-order valence-corrected chi connectivity index (χ2v) is 5.84. The number of carbonyl (C=O) groups is 1. The van der Waals surface area contributed by atoms with Gasteiger partial charge in [0, 0.05) is 12.7 Å². The van der Waals surface area contributed by atoms with Crippen molar-refractivity contribution in [3.63, 3.8) is 0 Å². The molecule has 0 aliphatic carbocycles. The van der Waals surface area contributed by atoms with Crippen molar-refractivity contribution < 1.29 is 23.1 Å². The van der Waals surface area contributed by atoms with Crippen LogP contribution in [0.15, 0.2) is 20.7 Å². The number of hydrogen-bond acceptors (Lipinski definition) is 6. The molecule has 0 bridgehead atoms. The Morgan fingerprint density at radius 3 is 2.75 bits per heavy atom. The molecule has 110 valence electrons. The van der Waals surface area contributed by atoms with Crippen LogP contribution in [0.1, 0.15) is 0 Å². The standard InChI is InChI=1S/C9H11N3O7S/c13-7-6(3-10-9(16)11-7)20(17,18)12-1-2-19-4-5(12)8(14)15/h3,5H,1-2,4H2,(H,14,15)(H2,10,11,13,16). The molecule has 1 aliphatic heterocycles. The fourth-order valence-corrected chi connectivity index (χ4v) is 3.33. The molecule has 20 heavy (non-hydrogen) atoms. The highest BCUT2D eigenvalue weighted by molar-refractivity contribution is 7.89. The molecule has 11 heteroatoms. The van der Waals surface area contributed by atoms with Crippen molar-refractivity contribution in [1.29, 1.82) is 0 Å². The second-order valence-electron chi connectivity index (χ2n) is 3.98. The highest BCUT2D eigenvalue weighted by Gasteiger charge is 2.39. The maximum absolute atomic E-state index is 12.3. The summed E-state index contributed by atoms with van der Waals surface area (Å²) in [6.45, 7) is -0.488. The number of H-pyrrole nitrogens is 2. The molecule has 1 aromatic heterocycles. The Morgan fingerprint density at radius 1 is 1.45 bits per heavy atom. The van der Waals surface area contributed by atoms with Gasteiger partial charge in [-0.3, -0.25) is 14.6 Å². The fraction of sp³-hybridized carbons (Fsp3) is 0.444. The smallest absolute Gasteiger partial charge is 0.325 e. The van der Waals surface area contributed by atoms with Crippen LogP contribution in [0.3, 0.4) is 0 Å². The number of carboxylic acids is 1. The van der Waals surface area contributed by atoms with Gasteiger partial charge >= 0.3 is 11.7 Å². The van der Waals surface area contributed by atoms with Crippen LogP contribution in [-0.2, 0) is 19.6 Å². The number of nitrogens with one attached hydrogen (secondary N) is 2. The zero-order valence-corrected chi connectivity index (χ0v) is 10.8. The van der Waals surface area contributed by atoms with Crippen LogP contribution in [-0.4, -0.2) is 59.6 Å². The minimum absolute atomic E-state index is 0.0181. The molecule has 1 fully saturated rings. The quantitative estimate of drug-likeness (QED) is 0.560. The molecular weight excluding hydrogens is 294 g/mol. The van der Waals surface area contributed by atoms with Gasteiger partial charge in [-0.2, -0.15) is 4.31 Å². The SMILES string of the molecule is O=C(O)C1COCCN1S(=O)(=O)c1c[nH]c(=O)[nH]c1=O. The van der Waals surface area contributed by atoms with Crippen molar-refractivity contribution >= 4 is 16.0 Å². The third-order valence-electron chi connectivity index (χ3n) is 2.74. The van der Waals surface area contributed by atoms with E-state index in [-0.39, 0.29) is 19.8 Å². The van der Waals surface area contributed by atoms with E-state index in [0.717, 1.165) is 6.20 Å². The summed E-state index contributed by atoms with van der Waals surface area (Å²) >= 11 is 0. The number of sulfonamides is 1. The molecule has 0 aromatic carbocycles. The van der Waals surface area contributed by atoms with Crippen LogP contribution in [0.5, 0.6) is 0 Å². The Bertz CT molecular complexity index is 734. The lowest BCUT2D eigenvalue weighted by molar-refractivity contribution is -0.146. The number of carboxylic acid groups (broad SMARTS) is 1. The highest BCUT2D eigenvalue weighted by Crippen LogP contribution is 2.17. The van der Waals surface area contributed by atoms with Gasteiger partial charge in [-0.15, -0.1) is 0 Å². The Hall–Kier alpha value is -1.98. The molecular formula is C9H11N3O7S. The molecule has 1 unspecified atom stereocenters. The van der Waals surface area contributed by atoms with E-state index in [4.69, 9.17) is 9.84 Å². The molecule has 0 radical (unpaired) electrons. The van der Waals surface area contributed by atoms with Gasteiger partial charge in [-0.05, 0) is 0 Å². The highest BCUT2D eigenvalue weighted by atomic mass is 32.2. The predicted molar refractivity (Wildman–Crippen MR) is 63.8 cm³/mol. The zero-order valence-electron chi connectivity index (χ0n) is 10.0.